The van der Waals surface area contributed by atoms with Crippen LogP contribution < -0.4 is 0 Å². The number of sulfonamides is 1. The number of H-pyrrole nitrogens is 1. The molecule has 0 aliphatic rings. The Morgan fingerprint density at radius 3 is 2.75 bits per heavy atom. The Labute approximate surface area is 117 Å². The van der Waals surface area contributed by atoms with Gasteiger partial charge in [0.2, 0.25) is 0 Å². The van der Waals surface area contributed by atoms with Crippen LogP contribution >= 0.6 is 0 Å². The van der Waals surface area contributed by atoms with E-state index in [0.717, 1.165) is 6.20 Å². The molecule has 1 aromatic heterocycles. The Bertz CT molecular complexity index is 540. The highest BCUT2D eigenvalue weighted by Gasteiger charge is 2.30. The highest BCUT2D eigenvalue weighted by Crippen LogP contribution is 2.18. The smallest absolute Gasteiger partial charge is 0.342 e. The van der Waals surface area contributed by atoms with E-state index in [0.29, 0.717) is 6.42 Å². The molecule has 20 heavy (non-hydrogen) atoms. The molecule has 1 rings (SSSR count). The van der Waals surface area contributed by atoms with Crippen LogP contribution in [0.3, 0.4) is 0 Å². The van der Waals surface area contributed by atoms with E-state index in [4.69, 9.17) is 9.84 Å². The summed E-state index contributed by atoms with van der Waals surface area (Å²) in [6.45, 7) is 3.73. The van der Waals surface area contributed by atoms with Gasteiger partial charge >= 0.3 is 5.97 Å². The Morgan fingerprint density at radius 2 is 2.20 bits per heavy atom. The zero-order valence-corrected chi connectivity index (χ0v) is 12.3. The van der Waals surface area contributed by atoms with E-state index in [2.05, 4.69) is 10.2 Å². The molecule has 1 aromatic rings. The average Bonchev–Trinajstić information content (AvgIpc) is 2.89. The van der Waals surface area contributed by atoms with Crippen LogP contribution in [0.5, 0.6) is 0 Å². The summed E-state index contributed by atoms with van der Waals surface area (Å²) in [5, 5.41) is 14.5. The van der Waals surface area contributed by atoms with Gasteiger partial charge in [-0.2, -0.15) is 9.40 Å². The third-order valence-corrected chi connectivity index (χ3v) is 4.56. The van der Waals surface area contributed by atoms with Crippen molar-refractivity contribution in [2.45, 2.75) is 25.3 Å². The van der Waals surface area contributed by atoms with Gasteiger partial charge in [0.25, 0.3) is 10.0 Å². The normalized spacial score (nSPS) is 11.8. The van der Waals surface area contributed by atoms with Crippen molar-refractivity contribution in [2.75, 3.05) is 26.3 Å². The standard InChI is InChI=1S/C11H19N3O5S/c1-3-14(6-5-7-15)20(17,18)10-9(8-12-13-10)11(16)19-4-2/h8,15H,3-7H2,1-2H3,(H,12,13). The van der Waals surface area contributed by atoms with Gasteiger partial charge in [-0.25, -0.2) is 13.2 Å². The number of aromatic nitrogens is 2. The largest absolute Gasteiger partial charge is 0.462 e. The first-order valence-electron chi connectivity index (χ1n) is 6.30. The second kappa shape index (κ2) is 7.36. The SMILES string of the molecule is CCOC(=O)c1cn[nH]c1S(=O)(=O)N(CC)CCCO. The first-order chi connectivity index (χ1) is 9.48. The number of aromatic amines is 1. The molecule has 9 heteroatoms. The maximum Gasteiger partial charge on any atom is 0.342 e. The summed E-state index contributed by atoms with van der Waals surface area (Å²) in [7, 11) is -3.87. The number of nitrogens with zero attached hydrogens (tertiary/aromatic N) is 2. The summed E-state index contributed by atoms with van der Waals surface area (Å²) in [5.41, 5.74) is -0.116. The van der Waals surface area contributed by atoms with Gasteiger partial charge in [0.15, 0.2) is 5.03 Å². The van der Waals surface area contributed by atoms with E-state index in [-0.39, 0.29) is 36.9 Å². The van der Waals surface area contributed by atoms with Crippen LogP contribution in [0.15, 0.2) is 11.2 Å². The number of carbonyl (C=O) groups is 1. The van der Waals surface area contributed by atoms with Crippen LogP contribution in [0.25, 0.3) is 0 Å². The molecule has 0 aromatic carbocycles. The lowest BCUT2D eigenvalue weighted by atomic mass is 10.4. The molecule has 2 N–H and O–H groups in total. The van der Waals surface area contributed by atoms with Crippen molar-refractivity contribution < 1.29 is 23.1 Å². The predicted molar refractivity (Wildman–Crippen MR) is 70.7 cm³/mol. The number of ether oxygens (including phenoxy) is 1. The molecule has 0 radical (unpaired) electrons. The van der Waals surface area contributed by atoms with Crippen molar-refractivity contribution >= 4 is 16.0 Å². The number of esters is 1. The van der Waals surface area contributed by atoms with Gasteiger partial charge in [-0.3, -0.25) is 5.10 Å². The molecule has 0 atom stereocenters. The minimum absolute atomic E-state index is 0.111. The van der Waals surface area contributed by atoms with Gasteiger partial charge in [-0.1, -0.05) is 6.92 Å². The lowest BCUT2D eigenvalue weighted by Crippen LogP contribution is -2.33. The number of carbonyl (C=O) groups excluding carboxylic acids is 1. The third kappa shape index (κ3) is 3.56. The summed E-state index contributed by atoms with van der Waals surface area (Å²) >= 11 is 0. The van der Waals surface area contributed by atoms with Gasteiger partial charge in [-0.05, 0) is 13.3 Å². The van der Waals surface area contributed by atoms with E-state index >= 15 is 0 Å². The fourth-order valence-electron chi connectivity index (χ4n) is 1.65. The predicted octanol–water partition coefficient (Wildman–Crippen LogP) is -0.0206. The molecule has 0 bridgehead atoms. The van der Waals surface area contributed by atoms with Crippen molar-refractivity contribution in [3.63, 3.8) is 0 Å². The highest BCUT2D eigenvalue weighted by molar-refractivity contribution is 7.89. The molecular formula is C11H19N3O5S. The van der Waals surface area contributed by atoms with Crippen molar-refractivity contribution in [3.8, 4) is 0 Å². The number of aliphatic hydroxyl groups excluding tert-OH is 1. The van der Waals surface area contributed by atoms with E-state index in [1.165, 1.54) is 4.31 Å². The zero-order chi connectivity index (χ0) is 15.2. The quantitative estimate of drug-likeness (QED) is 0.653. The molecule has 0 unspecified atom stereocenters. The van der Waals surface area contributed by atoms with Crippen molar-refractivity contribution in [2.24, 2.45) is 0 Å². The molecule has 0 aliphatic heterocycles. The van der Waals surface area contributed by atoms with E-state index < -0.39 is 16.0 Å². The first-order valence-corrected chi connectivity index (χ1v) is 7.74. The Hall–Kier alpha value is -1.45. The fraction of sp³-hybridized carbons (Fsp3) is 0.636. The molecule has 0 saturated carbocycles. The monoisotopic (exact) mass is 305 g/mol. The van der Waals surface area contributed by atoms with Crippen LogP contribution in [-0.4, -0.2) is 60.3 Å². The van der Waals surface area contributed by atoms with Crippen LogP contribution in [-0.2, 0) is 14.8 Å². The molecule has 0 aliphatic carbocycles. The summed E-state index contributed by atoms with van der Waals surface area (Å²) in [5.74, 6) is -0.738. The van der Waals surface area contributed by atoms with Crippen LogP contribution in [0, 0.1) is 0 Å². The number of nitrogens with one attached hydrogen (secondary N) is 1. The summed E-state index contributed by atoms with van der Waals surface area (Å²) in [4.78, 5) is 11.7. The average molecular weight is 305 g/mol. The van der Waals surface area contributed by atoms with E-state index in [1.54, 1.807) is 13.8 Å². The van der Waals surface area contributed by atoms with E-state index in [9.17, 15) is 13.2 Å². The molecule has 0 fully saturated rings. The number of aliphatic hydroxyl groups is 1. The van der Waals surface area contributed by atoms with Gasteiger partial charge in [0.1, 0.15) is 5.56 Å². The second-order valence-corrected chi connectivity index (χ2v) is 5.78. The lowest BCUT2D eigenvalue weighted by molar-refractivity contribution is 0.0521. The Kier molecular flexibility index (Phi) is 6.11. The third-order valence-electron chi connectivity index (χ3n) is 2.62. The molecule has 0 spiro atoms. The summed E-state index contributed by atoms with van der Waals surface area (Å²) < 4.78 is 30.8. The molecule has 114 valence electrons. The second-order valence-electron chi connectivity index (χ2n) is 3.91. The maximum absolute atomic E-state index is 12.4. The van der Waals surface area contributed by atoms with Gasteiger partial charge in [-0.15, -0.1) is 0 Å². The zero-order valence-electron chi connectivity index (χ0n) is 11.5. The van der Waals surface area contributed by atoms with Crippen LogP contribution in [0.4, 0.5) is 0 Å². The fourth-order valence-corrected chi connectivity index (χ4v) is 3.20. The molecule has 1 heterocycles. The summed E-state index contributed by atoms with van der Waals surface area (Å²) in [6, 6.07) is 0. The Morgan fingerprint density at radius 1 is 1.50 bits per heavy atom. The molecule has 8 nitrogen and oxygen atoms in total. The first kappa shape index (κ1) is 16.6. The number of hydrogen-bond donors (Lipinski definition) is 2. The molecule has 0 saturated heterocycles. The molecule has 0 amide bonds. The highest BCUT2D eigenvalue weighted by atomic mass is 32.2. The topological polar surface area (TPSA) is 113 Å². The van der Waals surface area contributed by atoms with Gasteiger partial charge in [0.05, 0.1) is 12.8 Å². The van der Waals surface area contributed by atoms with Gasteiger partial charge < -0.3 is 9.84 Å². The van der Waals surface area contributed by atoms with Crippen molar-refractivity contribution in [3.05, 3.63) is 11.8 Å². The van der Waals surface area contributed by atoms with Crippen molar-refractivity contribution in [1.29, 1.82) is 0 Å². The van der Waals surface area contributed by atoms with Crippen LogP contribution in [0.1, 0.15) is 30.6 Å². The van der Waals surface area contributed by atoms with Gasteiger partial charge in [0, 0.05) is 19.7 Å². The number of rotatable bonds is 8. The number of hydrogen-bond acceptors (Lipinski definition) is 6. The van der Waals surface area contributed by atoms with Crippen molar-refractivity contribution in [1.82, 2.24) is 14.5 Å². The molecular weight excluding hydrogens is 286 g/mol. The minimum atomic E-state index is -3.87. The minimum Gasteiger partial charge on any atom is -0.462 e. The summed E-state index contributed by atoms with van der Waals surface area (Å²) in [6.07, 6.45) is 1.45. The van der Waals surface area contributed by atoms with E-state index in [1.807, 2.05) is 0 Å². The Balaban J connectivity index is 3.09. The lowest BCUT2D eigenvalue weighted by Gasteiger charge is -2.19. The maximum atomic E-state index is 12.4. The van der Waals surface area contributed by atoms with Crippen LogP contribution in [0.2, 0.25) is 0 Å².